The molecule has 1 aromatic carbocycles. The van der Waals surface area contributed by atoms with Crippen molar-refractivity contribution in [3.8, 4) is 0 Å². The fourth-order valence-electron chi connectivity index (χ4n) is 3.22. The van der Waals surface area contributed by atoms with Crippen molar-refractivity contribution in [1.29, 1.82) is 0 Å². The van der Waals surface area contributed by atoms with E-state index < -0.39 is 43.1 Å². The average molecular weight is 503 g/mol. The smallest absolute Gasteiger partial charge is 0.437 e. The Labute approximate surface area is 219 Å². The summed E-state index contributed by atoms with van der Waals surface area (Å²) in [4.78, 5) is 42.1. The molecule has 0 heterocycles. The second-order valence-electron chi connectivity index (χ2n) is 8.93. The van der Waals surface area contributed by atoms with E-state index >= 15 is 0 Å². The van der Waals surface area contributed by atoms with Gasteiger partial charge in [-0.05, 0) is 38.7 Å². The van der Waals surface area contributed by atoms with Crippen LogP contribution in [0.3, 0.4) is 0 Å². The Kier molecular flexibility index (Phi) is 12.2. The molecule has 1 aromatic rings. The number of unbranched alkanes of at least 4 members (excludes halogenated alkanes) is 5. The maximum atomic E-state index is 12.7. The van der Waals surface area contributed by atoms with Gasteiger partial charge in [-0.2, -0.15) is 0 Å². The Morgan fingerprint density at radius 1 is 1.08 bits per heavy atom. The fourth-order valence-corrected chi connectivity index (χ4v) is 3.22. The van der Waals surface area contributed by atoms with E-state index in [1.807, 2.05) is 12.1 Å². The molecule has 0 radical (unpaired) electrons. The second-order valence-corrected chi connectivity index (χ2v) is 8.93. The number of esters is 1. The molecule has 0 aliphatic carbocycles. The number of hydrogen-bond acceptors (Lipinski definition) is 5. The third-order valence-electron chi connectivity index (χ3n) is 5.03. The number of hydrogen-bond donors (Lipinski definition) is 1. The van der Waals surface area contributed by atoms with Crippen molar-refractivity contribution in [2.45, 2.75) is 77.4 Å². The number of allylic oxidation sites excluding steroid dienone is 1. The number of guanidine groups is 1. The molecule has 0 aliphatic rings. The molecular formula is C28H41N3O5. The Morgan fingerprint density at radius 2 is 1.78 bits per heavy atom. The largest absolute Gasteiger partial charge is 0.458 e. The number of ether oxygens (including phenoxy) is 2. The molecule has 8 heteroatoms. The van der Waals surface area contributed by atoms with Crippen LogP contribution in [0.1, 0.15) is 74.9 Å². The molecule has 2 amide bonds. The van der Waals surface area contributed by atoms with Gasteiger partial charge in [0.1, 0.15) is 18.8 Å². The normalized spacial score (nSPS) is 12.9. The van der Waals surface area contributed by atoms with Gasteiger partial charge >= 0.3 is 12.1 Å². The summed E-state index contributed by atoms with van der Waals surface area (Å²) in [5.74, 6) is -2.02. The summed E-state index contributed by atoms with van der Waals surface area (Å²) in [5, 5.41) is 2.40. The molecule has 0 bridgehead atoms. The minimum atomic E-state index is -2.93. The quantitative estimate of drug-likeness (QED) is 0.111. The van der Waals surface area contributed by atoms with Crippen LogP contribution in [0, 0.1) is 0 Å². The number of nitrogens with one attached hydrogen (secondary N) is 1. The number of rotatable bonds is 15. The van der Waals surface area contributed by atoms with Crippen LogP contribution in [-0.4, -0.2) is 48.0 Å². The van der Waals surface area contributed by atoms with E-state index in [0.29, 0.717) is 23.3 Å². The van der Waals surface area contributed by atoms with Gasteiger partial charge in [-0.3, -0.25) is 14.9 Å². The van der Waals surface area contributed by atoms with Gasteiger partial charge in [-0.25, -0.2) is 4.79 Å². The van der Waals surface area contributed by atoms with Crippen LogP contribution in [0.4, 0.5) is 4.79 Å². The lowest BCUT2D eigenvalue weighted by molar-refractivity contribution is -0.156. The van der Waals surface area contributed by atoms with Crippen LogP contribution in [0.25, 0.3) is 0 Å². The number of amides is 2. The number of benzene rings is 1. The monoisotopic (exact) mass is 502 g/mol. The first-order valence-corrected chi connectivity index (χ1v) is 12.2. The van der Waals surface area contributed by atoms with Gasteiger partial charge < -0.3 is 14.4 Å². The topological polar surface area (TPSA) is 97.3 Å². The van der Waals surface area contributed by atoms with Crippen molar-refractivity contribution in [3.63, 3.8) is 0 Å². The molecule has 1 N–H and O–H groups in total. The lowest BCUT2D eigenvalue weighted by atomic mass is 10.1. The zero-order valence-electron chi connectivity index (χ0n) is 24.5. The van der Waals surface area contributed by atoms with Gasteiger partial charge in [-0.1, -0.05) is 61.7 Å². The molecule has 1 rings (SSSR count). The first kappa shape index (κ1) is 25.7. The maximum absolute atomic E-state index is 12.7. The van der Waals surface area contributed by atoms with Crippen molar-refractivity contribution >= 4 is 23.9 Å². The Hall–Kier alpha value is -3.42. The third kappa shape index (κ3) is 14.1. The third-order valence-corrected chi connectivity index (χ3v) is 5.03. The van der Waals surface area contributed by atoms with Gasteiger partial charge in [0.25, 0.3) is 0 Å². The van der Waals surface area contributed by atoms with Crippen LogP contribution in [0.2, 0.25) is 0 Å². The van der Waals surface area contributed by atoms with Gasteiger partial charge in [-0.15, -0.1) is 18.2 Å². The van der Waals surface area contributed by atoms with E-state index in [9.17, 15) is 14.4 Å². The van der Waals surface area contributed by atoms with Crippen molar-refractivity contribution in [3.05, 3.63) is 61.2 Å². The van der Waals surface area contributed by atoms with Crippen LogP contribution < -0.4 is 5.32 Å². The predicted molar refractivity (Wildman–Crippen MR) is 142 cm³/mol. The molecule has 0 spiro atoms. The molecular weight excluding hydrogens is 458 g/mol. The summed E-state index contributed by atoms with van der Waals surface area (Å²) in [6.45, 7) is 6.80. The molecule has 0 saturated carbocycles. The SMILES string of the molecule is [2H]C([2H])([2H])N(CC(=O)OC(C)(C)CC=C)C(=NC(=O)OCc1ccccc1)NC(=O)CCCCCCCC=C. The second kappa shape index (κ2) is 17.1. The first-order chi connectivity index (χ1) is 18.4. The van der Waals surface area contributed by atoms with E-state index in [0.717, 1.165) is 32.1 Å². The Bertz CT molecular complexity index is 978. The van der Waals surface area contributed by atoms with Gasteiger partial charge in [0, 0.05) is 23.9 Å². The summed E-state index contributed by atoms with van der Waals surface area (Å²) in [6, 6.07) is 8.84. The van der Waals surface area contributed by atoms with Gasteiger partial charge in [0.05, 0.1) is 0 Å². The summed E-state index contributed by atoms with van der Waals surface area (Å²) in [5.41, 5.74) is -0.236. The van der Waals surface area contributed by atoms with E-state index in [4.69, 9.17) is 13.6 Å². The van der Waals surface area contributed by atoms with E-state index in [2.05, 4.69) is 23.5 Å². The number of aliphatic imine (C=N–C) groups is 1. The number of nitrogens with zero attached hydrogens (tertiary/aromatic N) is 2. The zero-order chi connectivity index (χ0) is 29.3. The van der Waals surface area contributed by atoms with Crippen molar-refractivity contribution in [2.75, 3.05) is 13.5 Å². The van der Waals surface area contributed by atoms with Crippen molar-refractivity contribution < 1.29 is 28.0 Å². The fraction of sp³-hybridized carbons (Fsp3) is 0.500. The van der Waals surface area contributed by atoms with Crippen LogP contribution in [0.5, 0.6) is 0 Å². The van der Waals surface area contributed by atoms with Crippen molar-refractivity contribution in [1.82, 2.24) is 10.2 Å². The molecule has 0 aliphatic heterocycles. The van der Waals surface area contributed by atoms with Crippen LogP contribution in [0.15, 0.2) is 60.6 Å². The molecule has 0 atom stereocenters. The number of carbonyl (C=O) groups is 3. The molecule has 8 nitrogen and oxygen atoms in total. The highest BCUT2D eigenvalue weighted by molar-refractivity contribution is 6.01. The van der Waals surface area contributed by atoms with Gasteiger partial charge in [0.2, 0.25) is 11.9 Å². The molecule has 0 fully saturated rings. The highest BCUT2D eigenvalue weighted by atomic mass is 16.6. The standard InChI is InChI=1S/C28H41N3O5/c1-6-8-9-10-11-12-16-19-24(32)29-26(30-27(34)35-22-23-17-14-13-15-18-23)31(5)21-25(33)36-28(3,4)20-7-2/h6-7,13-15,17-18H,1-2,8-12,16,19-22H2,3-5H3,(H,29,30,32,34)/i5D3. The molecule has 36 heavy (non-hydrogen) atoms. The lowest BCUT2D eigenvalue weighted by Gasteiger charge is -2.26. The predicted octanol–water partition coefficient (Wildman–Crippen LogP) is 5.54. The minimum Gasteiger partial charge on any atom is -0.458 e. The molecule has 198 valence electrons. The Balaban J connectivity index is 3.03. The van der Waals surface area contributed by atoms with Crippen LogP contribution >= 0.6 is 0 Å². The van der Waals surface area contributed by atoms with E-state index in [1.165, 1.54) is 0 Å². The Morgan fingerprint density at radius 3 is 2.44 bits per heavy atom. The minimum absolute atomic E-state index is 0.0885. The van der Waals surface area contributed by atoms with E-state index in [1.54, 1.807) is 44.2 Å². The highest BCUT2D eigenvalue weighted by Gasteiger charge is 2.23. The first-order valence-electron chi connectivity index (χ1n) is 13.7. The van der Waals surface area contributed by atoms with E-state index in [-0.39, 0.29) is 13.0 Å². The maximum Gasteiger partial charge on any atom is 0.437 e. The summed E-state index contributed by atoms with van der Waals surface area (Å²) in [7, 11) is 0. The summed E-state index contributed by atoms with van der Waals surface area (Å²) < 4.78 is 34.4. The number of carbonyl (C=O) groups excluding carboxylic acids is 3. The number of likely N-dealkylation sites (N-methyl/N-ethyl adjacent to an activating group) is 1. The lowest BCUT2D eigenvalue weighted by Crippen LogP contribution is -2.46. The average Bonchev–Trinajstić information content (AvgIpc) is 2.84. The zero-order valence-corrected chi connectivity index (χ0v) is 21.5. The molecule has 0 unspecified atom stereocenters. The molecule has 0 saturated heterocycles. The molecule has 0 aromatic heterocycles. The summed E-state index contributed by atoms with van der Waals surface area (Å²) in [6.07, 6.45) is 8.06. The highest BCUT2D eigenvalue weighted by Crippen LogP contribution is 2.15. The van der Waals surface area contributed by atoms with Crippen LogP contribution in [-0.2, 0) is 25.7 Å². The van der Waals surface area contributed by atoms with Crippen molar-refractivity contribution in [2.24, 2.45) is 4.99 Å². The summed E-state index contributed by atoms with van der Waals surface area (Å²) >= 11 is 0. The van der Waals surface area contributed by atoms with Gasteiger partial charge in [0.15, 0.2) is 0 Å².